The van der Waals surface area contributed by atoms with E-state index in [0.29, 0.717) is 13.2 Å². The third-order valence-corrected chi connectivity index (χ3v) is 2.38. The van der Waals surface area contributed by atoms with Crippen LogP contribution in [0.3, 0.4) is 0 Å². The Morgan fingerprint density at radius 2 is 2.24 bits per heavy atom. The highest BCUT2D eigenvalue weighted by atomic mass is 16.7. The first kappa shape index (κ1) is 12.0. The van der Waals surface area contributed by atoms with E-state index in [1.54, 1.807) is 0 Å². The van der Waals surface area contributed by atoms with E-state index in [9.17, 15) is 14.7 Å². The number of ether oxygens (including phenoxy) is 2. The molecule has 1 saturated heterocycles. The SMILES string of the molecule is O=c1[nH]ncn(CC(O)CC2OCCO2)c1=O. The zero-order valence-electron chi connectivity index (χ0n) is 9.04. The van der Waals surface area contributed by atoms with Gasteiger partial charge >= 0.3 is 11.1 Å². The first-order valence-corrected chi connectivity index (χ1v) is 5.22. The minimum absolute atomic E-state index is 0.0149. The van der Waals surface area contributed by atoms with Gasteiger partial charge in [-0.15, -0.1) is 0 Å². The highest BCUT2D eigenvalue weighted by Gasteiger charge is 2.20. The van der Waals surface area contributed by atoms with Crippen molar-refractivity contribution < 1.29 is 14.6 Å². The van der Waals surface area contributed by atoms with Crippen LogP contribution in [-0.2, 0) is 16.0 Å². The number of aromatic nitrogens is 3. The summed E-state index contributed by atoms with van der Waals surface area (Å²) < 4.78 is 11.4. The number of aliphatic hydroxyl groups is 1. The van der Waals surface area contributed by atoms with Crippen molar-refractivity contribution in [1.29, 1.82) is 0 Å². The normalized spacial score (nSPS) is 18.4. The minimum atomic E-state index is -0.834. The van der Waals surface area contributed by atoms with Gasteiger partial charge in [0.05, 0.1) is 25.9 Å². The van der Waals surface area contributed by atoms with E-state index in [0.717, 1.165) is 4.57 Å². The fraction of sp³-hybridized carbons (Fsp3) is 0.667. The molecule has 0 aliphatic carbocycles. The van der Waals surface area contributed by atoms with Gasteiger partial charge in [0.1, 0.15) is 6.33 Å². The highest BCUT2D eigenvalue weighted by molar-refractivity contribution is 4.76. The zero-order chi connectivity index (χ0) is 12.3. The predicted molar refractivity (Wildman–Crippen MR) is 55.4 cm³/mol. The molecule has 0 amide bonds. The summed E-state index contributed by atoms with van der Waals surface area (Å²) in [4.78, 5) is 22.3. The molecule has 8 heteroatoms. The van der Waals surface area contributed by atoms with Crippen LogP contribution < -0.4 is 11.1 Å². The number of rotatable bonds is 4. The molecule has 1 fully saturated rings. The fourth-order valence-electron chi connectivity index (χ4n) is 1.58. The molecule has 0 saturated carbocycles. The Kier molecular flexibility index (Phi) is 3.67. The topological polar surface area (TPSA) is 106 Å². The molecule has 17 heavy (non-hydrogen) atoms. The van der Waals surface area contributed by atoms with Crippen LogP contribution in [0.2, 0.25) is 0 Å². The maximum absolute atomic E-state index is 11.3. The van der Waals surface area contributed by atoms with Crippen LogP contribution in [0.15, 0.2) is 15.9 Å². The molecule has 2 heterocycles. The second kappa shape index (κ2) is 5.21. The van der Waals surface area contributed by atoms with Crippen LogP contribution in [-0.4, -0.2) is 45.5 Å². The van der Waals surface area contributed by atoms with Gasteiger partial charge in [-0.1, -0.05) is 0 Å². The van der Waals surface area contributed by atoms with Crippen molar-refractivity contribution in [2.45, 2.75) is 25.4 Å². The van der Waals surface area contributed by atoms with Crippen LogP contribution in [0.5, 0.6) is 0 Å². The molecule has 1 aliphatic heterocycles. The van der Waals surface area contributed by atoms with E-state index in [2.05, 4.69) is 5.10 Å². The van der Waals surface area contributed by atoms with E-state index in [1.807, 2.05) is 5.10 Å². The third kappa shape index (κ3) is 2.99. The lowest BCUT2D eigenvalue weighted by Gasteiger charge is -2.15. The van der Waals surface area contributed by atoms with Gasteiger partial charge in [0.2, 0.25) is 0 Å². The summed E-state index contributed by atoms with van der Waals surface area (Å²) in [5, 5.41) is 15.2. The molecule has 0 radical (unpaired) electrons. The van der Waals surface area contributed by atoms with Crippen molar-refractivity contribution >= 4 is 0 Å². The van der Waals surface area contributed by atoms with Crippen LogP contribution in [0, 0.1) is 0 Å². The molecule has 2 N–H and O–H groups in total. The van der Waals surface area contributed by atoms with E-state index >= 15 is 0 Å². The van der Waals surface area contributed by atoms with Crippen molar-refractivity contribution in [3.8, 4) is 0 Å². The van der Waals surface area contributed by atoms with Gasteiger partial charge in [0, 0.05) is 6.42 Å². The Labute approximate surface area is 95.8 Å². The largest absolute Gasteiger partial charge is 0.391 e. The van der Waals surface area contributed by atoms with Crippen LogP contribution in [0.25, 0.3) is 0 Å². The van der Waals surface area contributed by atoms with Crippen molar-refractivity contribution in [2.75, 3.05) is 13.2 Å². The maximum atomic E-state index is 11.3. The number of hydrogen-bond donors (Lipinski definition) is 2. The van der Waals surface area contributed by atoms with E-state index in [-0.39, 0.29) is 13.0 Å². The maximum Gasteiger partial charge on any atom is 0.330 e. The number of aliphatic hydroxyl groups excluding tert-OH is 1. The number of H-pyrrole nitrogens is 1. The summed E-state index contributed by atoms with van der Waals surface area (Å²) in [5.74, 6) is 0. The molecular weight excluding hydrogens is 230 g/mol. The quantitative estimate of drug-likeness (QED) is 0.596. The number of nitrogens with zero attached hydrogens (tertiary/aromatic N) is 2. The molecule has 94 valence electrons. The van der Waals surface area contributed by atoms with Gasteiger partial charge in [-0.05, 0) is 0 Å². The smallest absolute Gasteiger partial charge is 0.330 e. The van der Waals surface area contributed by atoms with Crippen molar-refractivity contribution in [3.05, 3.63) is 27.0 Å². The molecule has 1 atom stereocenters. The van der Waals surface area contributed by atoms with Crippen LogP contribution in [0.4, 0.5) is 0 Å². The van der Waals surface area contributed by atoms with Crippen molar-refractivity contribution in [2.24, 2.45) is 0 Å². The second-order valence-electron chi connectivity index (χ2n) is 3.70. The summed E-state index contributed by atoms with van der Waals surface area (Å²) in [7, 11) is 0. The monoisotopic (exact) mass is 243 g/mol. The Balaban J connectivity index is 1.97. The summed E-state index contributed by atoms with van der Waals surface area (Å²) in [6.45, 7) is 0.993. The Bertz CT molecular complexity index is 476. The third-order valence-electron chi connectivity index (χ3n) is 2.38. The lowest BCUT2D eigenvalue weighted by atomic mass is 10.2. The molecule has 2 rings (SSSR count). The number of hydrogen-bond acceptors (Lipinski definition) is 6. The zero-order valence-corrected chi connectivity index (χ0v) is 9.04. The van der Waals surface area contributed by atoms with E-state index in [1.165, 1.54) is 6.33 Å². The fourth-order valence-corrected chi connectivity index (χ4v) is 1.58. The summed E-state index contributed by atoms with van der Waals surface area (Å²) in [6, 6.07) is 0. The van der Waals surface area contributed by atoms with E-state index in [4.69, 9.17) is 9.47 Å². The van der Waals surface area contributed by atoms with Crippen LogP contribution >= 0.6 is 0 Å². The molecule has 1 aromatic heterocycles. The molecular formula is C9H13N3O5. The summed E-state index contributed by atoms with van der Waals surface area (Å²) in [6.07, 6.45) is 0.137. The molecule has 0 spiro atoms. The van der Waals surface area contributed by atoms with Gasteiger partial charge in [0.15, 0.2) is 6.29 Å². The van der Waals surface area contributed by atoms with Crippen molar-refractivity contribution in [3.63, 3.8) is 0 Å². The molecule has 1 unspecified atom stereocenters. The first-order valence-electron chi connectivity index (χ1n) is 5.22. The second-order valence-corrected chi connectivity index (χ2v) is 3.70. The van der Waals surface area contributed by atoms with E-state index < -0.39 is 23.5 Å². The molecule has 0 aromatic carbocycles. The van der Waals surface area contributed by atoms with Crippen LogP contribution in [0.1, 0.15) is 6.42 Å². The molecule has 0 bridgehead atoms. The summed E-state index contributed by atoms with van der Waals surface area (Å²) in [5.41, 5.74) is -1.56. The van der Waals surface area contributed by atoms with Gasteiger partial charge in [-0.2, -0.15) is 5.10 Å². The van der Waals surface area contributed by atoms with Gasteiger partial charge in [-0.3, -0.25) is 14.2 Å². The first-order chi connectivity index (χ1) is 8.16. The lowest BCUT2D eigenvalue weighted by molar-refractivity contribution is -0.0723. The molecule has 1 aromatic rings. The van der Waals surface area contributed by atoms with Gasteiger partial charge in [0.25, 0.3) is 0 Å². The Morgan fingerprint density at radius 3 is 2.94 bits per heavy atom. The van der Waals surface area contributed by atoms with Gasteiger partial charge in [-0.25, -0.2) is 5.10 Å². The Morgan fingerprint density at radius 1 is 1.53 bits per heavy atom. The minimum Gasteiger partial charge on any atom is -0.391 e. The van der Waals surface area contributed by atoms with Gasteiger partial charge < -0.3 is 14.6 Å². The average Bonchev–Trinajstić information content (AvgIpc) is 2.77. The molecule has 8 nitrogen and oxygen atoms in total. The highest BCUT2D eigenvalue weighted by Crippen LogP contribution is 2.10. The number of nitrogens with one attached hydrogen (secondary N) is 1. The molecule has 1 aliphatic rings. The predicted octanol–water partition coefficient (Wildman–Crippen LogP) is -1.94. The average molecular weight is 243 g/mol. The summed E-state index contributed by atoms with van der Waals surface area (Å²) >= 11 is 0. The standard InChI is InChI=1S/C9H13N3O5/c13-6(3-7-16-1-2-17-7)4-12-5-10-11-8(14)9(12)15/h5-7,13H,1-4H2,(H,11,14). The number of aromatic amines is 1. The Hall–Kier alpha value is -1.51. The van der Waals surface area contributed by atoms with Crippen molar-refractivity contribution in [1.82, 2.24) is 14.8 Å². The lowest BCUT2D eigenvalue weighted by Crippen LogP contribution is -2.39.